The highest BCUT2D eigenvalue weighted by molar-refractivity contribution is 7.89. The summed E-state index contributed by atoms with van der Waals surface area (Å²) in [6.07, 6.45) is 4.48. The van der Waals surface area contributed by atoms with Crippen molar-refractivity contribution < 1.29 is 71.6 Å². The number of anilines is 5. The monoisotopic (exact) mass is 1600 g/mol. The van der Waals surface area contributed by atoms with Gasteiger partial charge in [0, 0.05) is 95.8 Å². The van der Waals surface area contributed by atoms with Crippen LogP contribution in [0.4, 0.5) is 32.8 Å². The molecule has 0 bridgehead atoms. The van der Waals surface area contributed by atoms with Crippen LogP contribution in [0.15, 0.2) is 163 Å². The summed E-state index contributed by atoms with van der Waals surface area (Å²) >= 11 is 48.8. The maximum Gasteiger partial charge on any atom is 0.261 e. The second kappa shape index (κ2) is 29.6. The van der Waals surface area contributed by atoms with E-state index in [2.05, 4.69) is 31.3 Å². The minimum Gasteiger partial charge on any atom is -0.375 e. The van der Waals surface area contributed by atoms with Gasteiger partial charge in [0.1, 0.15) is 5.82 Å². The number of nitrogens with one attached hydrogen (secondary N) is 4. The van der Waals surface area contributed by atoms with Crippen LogP contribution in [0.3, 0.4) is 0 Å². The molecule has 15 rings (SSSR count). The molecule has 6 aliphatic rings. The Kier molecular flexibility index (Phi) is 21.4. The normalized spacial score (nSPS) is 20.0. The molecule has 4 atom stereocenters. The van der Waals surface area contributed by atoms with Crippen molar-refractivity contribution in [3.8, 4) is 5.69 Å². The number of halogens is 9. The number of carbonyl (C=O) groups is 8. The predicted molar refractivity (Wildman–Crippen MR) is 395 cm³/mol. The first-order chi connectivity index (χ1) is 49.6. The van der Waals surface area contributed by atoms with Crippen molar-refractivity contribution in [3.63, 3.8) is 0 Å². The van der Waals surface area contributed by atoms with Crippen LogP contribution >= 0.6 is 92.8 Å². The lowest BCUT2D eigenvalue weighted by atomic mass is 9.87. The molecule has 0 unspecified atom stereocenters. The van der Waals surface area contributed by atoms with Crippen molar-refractivity contribution in [1.82, 2.24) is 9.78 Å². The van der Waals surface area contributed by atoms with Crippen LogP contribution < -0.4 is 31.3 Å². The van der Waals surface area contributed by atoms with Gasteiger partial charge in [-0.15, -0.1) is 0 Å². The number of nitrogens with zero attached hydrogens (tertiary/aromatic N) is 3. The van der Waals surface area contributed by atoms with E-state index in [4.69, 9.17) is 97.9 Å². The number of rotatable bonds is 16. The molecule has 1 saturated carbocycles. The molecule has 10 N–H and O–H groups in total. The zero-order chi connectivity index (χ0) is 75.6. The summed E-state index contributed by atoms with van der Waals surface area (Å²) in [7, 11) is -3.90. The van der Waals surface area contributed by atoms with Crippen molar-refractivity contribution in [2.24, 2.45) is 5.14 Å². The van der Waals surface area contributed by atoms with Gasteiger partial charge >= 0.3 is 0 Å². The van der Waals surface area contributed by atoms with E-state index in [0.717, 1.165) is 43.4 Å². The Hall–Kier alpha value is -8.67. The molecular formula is C73H55Cl8FN8O14S. The maximum atomic E-state index is 14.2. The van der Waals surface area contributed by atoms with Crippen LogP contribution in [0.2, 0.25) is 40.2 Å². The molecule has 0 spiro atoms. The second-order valence-corrected chi connectivity index (χ2v) is 30.1. The third-order valence-electron chi connectivity index (χ3n) is 18.4. The number of amides is 4. The summed E-state index contributed by atoms with van der Waals surface area (Å²) in [5, 5.41) is 64.2. The summed E-state index contributed by atoms with van der Waals surface area (Å²) in [5.41, 5.74) is -3.79. The molecule has 6 heterocycles. The molecule has 2 fully saturated rings. The Balaban J connectivity index is 0.000000131. The van der Waals surface area contributed by atoms with Crippen LogP contribution in [0.1, 0.15) is 120 Å². The van der Waals surface area contributed by atoms with Gasteiger partial charge in [-0.05, 0) is 152 Å². The molecule has 22 nitrogen and oxygen atoms in total. The van der Waals surface area contributed by atoms with Gasteiger partial charge in [-0.1, -0.05) is 117 Å². The minimum atomic E-state index is -3.90. The zero-order valence-electron chi connectivity index (χ0n) is 54.1. The highest BCUT2D eigenvalue weighted by Crippen LogP contribution is 2.51. The molecule has 1 aromatic heterocycles. The van der Waals surface area contributed by atoms with Crippen LogP contribution in [-0.4, -0.2) is 98.5 Å². The number of hydrogen-bond acceptors (Lipinski definition) is 16. The number of aromatic nitrogens is 2. The highest BCUT2D eigenvalue weighted by Gasteiger charge is 2.53. The quantitative estimate of drug-likeness (QED) is 0.0406. The third kappa shape index (κ3) is 14.9. The lowest BCUT2D eigenvalue weighted by Gasteiger charge is -2.33. The van der Waals surface area contributed by atoms with Gasteiger partial charge in [0.25, 0.3) is 23.6 Å². The number of hydrogen-bond donors (Lipinski definition) is 9. The Morgan fingerprint density at radius 1 is 0.467 bits per heavy atom. The molecule has 4 amide bonds. The number of Topliss-reactive ketones (excluding diaryl/α,β-unsaturated/α-hetero) is 4. The fraction of sp³-hybridized carbons (Fsp3) is 0.192. The van der Waals surface area contributed by atoms with Crippen molar-refractivity contribution in [2.45, 2.75) is 78.2 Å². The zero-order valence-corrected chi connectivity index (χ0v) is 60.9. The first-order valence-corrected chi connectivity index (χ1v) is 36.3. The topological polar surface area (TPSA) is 347 Å². The van der Waals surface area contributed by atoms with E-state index in [1.54, 1.807) is 65.6 Å². The van der Waals surface area contributed by atoms with E-state index in [9.17, 15) is 71.6 Å². The molecule has 105 heavy (non-hydrogen) atoms. The first-order valence-electron chi connectivity index (χ1n) is 31.7. The molecule has 32 heteroatoms. The van der Waals surface area contributed by atoms with Crippen LogP contribution in [0.25, 0.3) is 5.69 Å². The number of fused-ring (bicyclic) bond motifs is 4. The van der Waals surface area contributed by atoms with E-state index in [0.29, 0.717) is 16.7 Å². The largest absolute Gasteiger partial charge is 0.375 e. The number of ketones is 4. The Labute approximate surface area is 637 Å². The molecule has 1 saturated heterocycles. The van der Waals surface area contributed by atoms with Crippen molar-refractivity contribution in [1.29, 1.82) is 0 Å². The number of sulfonamides is 1. The molecule has 8 aromatic carbocycles. The summed E-state index contributed by atoms with van der Waals surface area (Å²) in [6, 6.07) is 36.6. The van der Waals surface area contributed by atoms with Crippen molar-refractivity contribution in [2.75, 3.05) is 39.3 Å². The van der Waals surface area contributed by atoms with Gasteiger partial charge in [-0.2, -0.15) is 5.10 Å². The Morgan fingerprint density at radius 2 is 0.781 bits per heavy atom. The van der Waals surface area contributed by atoms with Gasteiger partial charge in [0.2, 0.25) is 10.0 Å². The molecule has 1 aliphatic carbocycles. The Morgan fingerprint density at radius 3 is 1.08 bits per heavy atom. The molecule has 0 radical (unpaired) electrons. The van der Waals surface area contributed by atoms with E-state index in [-0.39, 0.29) is 113 Å². The van der Waals surface area contributed by atoms with Crippen LogP contribution in [0, 0.1) is 5.82 Å². The SMILES string of the molecule is NS(=O)(=O)c1ccc(C(=O)C[C@@]2(O)C(=O)Nc3c(Cl)ccc(Cl)c32)cc1.O=C(C[C@@]1(O)C(=O)Nc2c(Cl)ccc(Cl)c21)c1ccc(N2CCC2)cc1.O=C(C[C@]1(O)C(=O)Nc2c(Cl)ccc(Cl)c21)c1ccc(-n2cccn2)cc1.O=C(C[C@]1(O)C(=O)Nc2c(Cl)ccc(Cl)c21)c1ccc(C2CC2)c(F)c1. The van der Waals surface area contributed by atoms with Gasteiger partial charge in [0.15, 0.2) is 45.5 Å². The van der Waals surface area contributed by atoms with Gasteiger partial charge in [-0.25, -0.2) is 22.6 Å². The molecule has 540 valence electrons. The third-order valence-corrected chi connectivity index (χ3v) is 21.9. The van der Waals surface area contributed by atoms with Gasteiger partial charge < -0.3 is 46.6 Å². The average Bonchev–Trinajstić information content (AvgIpc) is 1.61. The lowest BCUT2D eigenvalue weighted by Crippen LogP contribution is -2.37. The highest BCUT2D eigenvalue weighted by atomic mass is 35.5. The van der Waals surface area contributed by atoms with Gasteiger partial charge in [0.05, 0.1) is 79.1 Å². The van der Waals surface area contributed by atoms with Crippen LogP contribution in [0.5, 0.6) is 0 Å². The number of aliphatic hydroxyl groups is 4. The number of nitrogens with two attached hydrogens (primary N) is 1. The van der Waals surface area contributed by atoms with E-state index < -0.39 is 105 Å². The molecule has 5 aliphatic heterocycles. The van der Waals surface area contributed by atoms with Crippen molar-refractivity contribution >= 4 is 178 Å². The molecular weight excluding hydrogens is 1550 g/mol. The lowest BCUT2D eigenvalue weighted by molar-refractivity contribution is -0.133. The van der Waals surface area contributed by atoms with Crippen LogP contribution in [-0.2, 0) is 51.6 Å². The predicted octanol–water partition coefficient (Wildman–Crippen LogP) is 13.7. The summed E-state index contributed by atoms with van der Waals surface area (Å²) in [4.78, 5) is 102. The van der Waals surface area contributed by atoms with Crippen molar-refractivity contribution in [3.05, 3.63) is 254 Å². The fourth-order valence-electron chi connectivity index (χ4n) is 12.6. The second-order valence-electron chi connectivity index (χ2n) is 25.2. The molecule has 9 aromatic rings. The number of primary sulfonamides is 1. The average molecular weight is 1600 g/mol. The van der Waals surface area contributed by atoms with E-state index in [1.165, 1.54) is 85.3 Å². The summed E-state index contributed by atoms with van der Waals surface area (Å²) in [5.74, 6) is -5.16. The minimum absolute atomic E-state index is 0.0335. The summed E-state index contributed by atoms with van der Waals surface area (Å²) in [6.45, 7) is 2.03. The smallest absolute Gasteiger partial charge is 0.261 e. The van der Waals surface area contributed by atoms with E-state index >= 15 is 0 Å². The summed E-state index contributed by atoms with van der Waals surface area (Å²) < 4.78 is 38.4. The first kappa shape index (κ1) is 76.0. The van der Waals surface area contributed by atoms with Gasteiger partial charge in [-0.3, -0.25) is 38.4 Å². The number of carbonyl (C=O) groups excluding carboxylic acids is 8. The van der Waals surface area contributed by atoms with E-state index in [1.807, 2.05) is 12.1 Å². The Bertz CT molecular complexity index is 5250. The number of benzene rings is 8. The standard InChI is InChI=1S/C19H14Cl2FNO3.C19H13Cl2N3O3.C19H16Cl2N2O3.C16H12Cl2N2O5S/c20-12-5-6-13(21)17-16(12)19(26,18(25)23-17)8-15(24)10-3-4-11(9-1-2-9)14(22)7-10;20-13-6-7-14(21)17-16(13)19(27,18(26)23-17)10-15(25)11-2-4-12(5-3-11)24-9-1-8-22-24;20-13-6-7-14(21)17-16(13)19(26,18(25)22-17)10-15(24)11-2-4-12(5-3-11)23-8-1-9-23;17-10-5-6-11(18)14-13(10)16(23,15(22)20-14)7-12(21)8-1-3-9(4-2-8)26(19,24)25/h3-7,9,26H,1-2,8H2,(H,23,25);1-9,27H,10H2,(H,23,26);2-7,26H,1,8-10H2,(H,22,25);1-6,23H,7H2,(H,20,22)(H2,19,24,25)/t3*19-;16-/m1100/s1. The maximum absolute atomic E-state index is 14.2. The fourth-order valence-corrected chi connectivity index (χ4v) is 15.1.